The summed E-state index contributed by atoms with van der Waals surface area (Å²) >= 11 is 0. The molecule has 0 heterocycles. The van der Waals surface area contributed by atoms with E-state index in [4.69, 9.17) is 0 Å². The van der Waals surface area contributed by atoms with Gasteiger partial charge in [-0.05, 0) is 83.1 Å². The van der Waals surface area contributed by atoms with Crippen molar-refractivity contribution in [1.82, 2.24) is 14.0 Å². The van der Waals surface area contributed by atoms with Crippen LogP contribution in [-0.2, 0) is 0 Å². The van der Waals surface area contributed by atoms with Crippen LogP contribution in [0.5, 0.6) is 0 Å². The maximum atomic E-state index is 2.77. The van der Waals surface area contributed by atoms with Crippen LogP contribution >= 0.6 is 8.37 Å². The fourth-order valence-electron chi connectivity index (χ4n) is 3.57. The highest BCUT2D eigenvalue weighted by Crippen LogP contribution is 2.54. The monoisotopic (exact) mass is 367 g/mol. The molecule has 0 spiro atoms. The van der Waals surface area contributed by atoms with Gasteiger partial charge in [-0.15, -0.1) is 14.0 Å². The van der Waals surface area contributed by atoms with Crippen molar-refractivity contribution >= 4 is 8.37 Å². The Hall–Kier alpha value is 0.600. The molecule has 0 bridgehead atoms. The molecule has 0 aliphatic carbocycles. The van der Waals surface area contributed by atoms with E-state index in [0.29, 0.717) is 36.3 Å². The summed E-state index contributed by atoms with van der Waals surface area (Å²) in [4.78, 5) is 0. The van der Waals surface area contributed by atoms with Gasteiger partial charge in [0.15, 0.2) is 0 Å². The van der Waals surface area contributed by atoms with Crippen molar-refractivity contribution in [2.45, 2.75) is 119 Å². The molecule has 0 aromatic rings. The first-order valence-corrected chi connectivity index (χ1v) is 10.5. The van der Waals surface area contributed by atoms with E-state index in [1.807, 2.05) is 0 Å². The normalized spacial score (nSPS) is 13.3. The Morgan fingerprint density at radius 3 is 0.609 bits per heavy atom. The zero-order chi connectivity index (χ0) is 17.8. The number of hydrogen-bond acceptors (Lipinski definition) is 3. The third-order valence-electron chi connectivity index (χ3n) is 4.03. The molecule has 142 valence electrons. The second kappa shape index (κ2) is 11.3. The van der Waals surface area contributed by atoms with Gasteiger partial charge >= 0.3 is 0 Å². The largest absolute Gasteiger partial charge is 1.00 e. The molecule has 0 aromatic heterocycles. The fourth-order valence-corrected chi connectivity index (χ4v) is 7.15. The lowest BCUT2D eigenvalue weighted by Crippen LogP contribution is -3.00. The molecule has 0 unspecified atom stereocenters. The Morgan fingerprint density at radius 2 is 0.522 bits per heavy atom. The van der Waals surface area contributed by atoms with E-state index in [1.54, 1.807) is 0 Å². The first-order chi connectivity index (χ1) is 9.93. The number of halogens is 1. The van der Waals surface area contributed by atoms with Crippen LogP contribution in [0.1, 0.15) is 83.1 Å². The minimum Gasteiger partial charge on any atom is -1.00 e. The molecule has 23 heavy (non-hydrogen) atoms. The summed E-state index contributed by atoms with van der Waals surface area (Å²) in [5.74, 6) is 0. The molecular formula is C18H43ClN3P. The summed E-state index contributed by atoms with van der Waals surface area (Å²) in [5.41, 5.74) is 0. The minimum atomic E-state index is -0.957. The predicted octanol–water partition coefficient (Wildman–Crippen LogP) is 2.31. The van der Waals surface area contributed by atoms with Gasteiger partial charge < -0.3 is 12.4 Å². The van der Waals surface area contributed by atoms with Gasteiger partial charge in [-0.1, -0.05) is 0 Å². The van der Waals surface area contributed by atoms with Crippen LogP contribution in [0.15, 0.2) is 0 Å². The lowest BCUT2D eigenvalue weighted by Gasteiger charge is -2.46. The summed E-state index contributed by atoms with van der Waals surface area (Å²) in [6, 6.07) is 3.38. The lowest BCUT2D eigenvalue weighted by molar-refractivity contribution is -0.00000837. The topological polar surface area (TPSA) is 9.72 Å². The zero-order valence-corrected chi connectivity index (χ0v) is 19.4. The Labute approximate surface area is 154 Å². The second-order valence-corrected chi connectivity index (χ2v) is 10.2. The van der Waals surface area contributed by atoms with Crippen LogP contribution in [0, 0.1) is 0 Å². The summed E-state index contributed by atoms with van der Waals surface area (Å²) < 4.78 is 8.31. The molecule has 0 saturated carbocycles. The van der Waals surface area contributed by atoms with E-state index in [9.17, 15) is 0 Å². The molecule has 3 nitrogen and oxygen atoms in total. The molecule has 5 heteroatoms. The van der Waals surface area contributed by atoms with Crippen LogP contribution in [0.4, 0.5) is 0 Å². The van der Waals surface area contributed by atoms with Crippen LogP contribution in [0.2, 0.25) is 0 Å². The highest BCUT2D eigenvalue weighted by molar-refractivity contribution is 7.50. The summed E-state index contributed by atoms with van der Waals surface area (Å²) in [5, 5.41) is 0. The fraction of sp³-hybridized carbons (Fsp3) is 1.00. The molecule has 0 aromatic carbocycles. The Bertz CT molecular complexity index is 235. The van der Waals surface area contributed by atoms with E-state index in [2.05, 4.69) is 97.1 Å². The molecule has 0 saturated heterocycles. The molecule has 0 fully saturated rings. The van der Waals surface area contributed by atoms with Crippen molar-refractivity contribution in [3.63, 3.8) is 0 Å². The first kappa shape index (κ1) is 25.8. The van der Waals surface area contributed by atoms with E-state index < -0.39 is 8.37 Å². The second-order valence-electron chi connectivity index (χ2n) is 8.08. The number of nitrogens with zero attached hydrogens (tertiary/aromatic N) is 3. The van der Waals surface area contributed by atoms with Gasteiger partial charge in [0.25, 0.3) is 0 Å². The van der Waals surface area contributed by atoms with Gasteiger partial charge in [0.2, 0.25) is 8.37 Å². The third kappa shape index (κ3) is 7.16. The molecule has 0 rings (SSSR count). The summed E-state index contributed by atoms with van der Waals surface area (Å²) in [6.45, 7) is 28.2. The number of rotatable bonds is 9. The van der Waals surface area contributed by atoms with Gasteiger partial charge in [-0.2, -0.15) is 0 Å². The molecule has 0 atom stereocenters. The maximum Gasteiger partial charge on any atom is 0.215 e. The van der Waals surface area contributed by atoms with Gasteiger partial charge in [0.1, 0.15) is 0 Å². The highest BCUT2D eigenvalue weighted by atomic mass is 35.5. The van der Waals surface area contributed by atoms with Gasteiger partial charge in [0.05, 0.1) is 0 Å². The van der Waals surface area contributed by atoms with Gasteiger partial charge in [-0.3, -0.25) is 0 Å². The third-order valence-corrected chi connectivity index (χ3v) is 8.51. The molecular weight excluding hydrogens is 325 g/mol. The number of hydrogen-bond donors (Lipinski definition) is 0. The van der Waals surface area contributed by atoms with Crippen molar-refractivity contribution < 1.29 is 12.4 Å². The van der Waals surface area contributed by atoms with Crippen molar-refractivity contribution in [3.05, 3.63) is 0 Å². The Kier molecular flexibility index (Phi) is 12.6. The zero-order valence-electron chi connectivity index (χ0n) is 17.7. The molecule has 0 aliphatic rings. The quantitative estimate of drug-likeness (QED) is 0.579. The summed E-state index contributed by atoms with van der Waals surface area (Å²) in [7, 11) is -0.957. The average Bonchev–Trinajstić information content (AvgIpc) is 2.24. The molecule has 0 radical (unpaired) electrons. The van der Waals surface area contributed by atoms with Crippen molar-refractivity contribution in [2.24, 2.45) is 0 Å². The van der Waals surface area contributed by atoms with Crippen molar-refractivity contribution in [1.29, 1.82) is 0 Å². The summed E-state index contributed by atoms with van der Waals surface area (Å²) in [6.07, 6.45) is 0. The average molecular weight is 368 g/mol. The van der Waals surface area contributed by atoms with Crippen molar-refractivity contribution in [2.75, 3.05) is 0 Å². The van der Waals surface area contributed by atoms with Crippen LogP contribution < -0.4 is 12.4 Å². The van der Waals surface area contributed by atoms with Crippen LogP contribution in [0.25, 0.3) is 0 Å². The Balaban J connectivity index is 0. The highest BCUT2D eigenvalue weighted by Gasteiger charge is 2.46. The molecule has 0 amide bonds. The smallest absolute Gasteiger partial charge is 0.215 e. The van der Waals surface area contributed by atoms with Crippen molar-refractivity contribution in [3.8, 4) is 0 Å². The van der Waals surface area contributed by atoms with E-state index in [-0.39, 0.29) is 12.4 Å². The van der Waals surface area contributed by atoms with E-state index in [1.165, 1.54) is 0 Å². The van der Waals surface area contributed by atoms with Gasteiger partial charge in [0, 0.05) is 36.3 Å². The maximum absolute atomic E-state index is 2.77. The Morgan fingerprint density at radius 1 is 0.391 bits per heavy atom. The van der Waals surface area contributed by atoms with E-state index in [0.717, 1.165) is 0 Å². The standard InChI is InChI=1S/C18H42N3P.ClH/c1-13(2)19(14(3)4)22(20(15(5)6)16(7)8)21(17(9)10)18(11)12;/h13-18H,1-12H3;1H. The first-order valence-electron chi connectivity index (χ1n) is 9.15. The molecule has 0 N–H and O–H groups in total. The van der Waals surface area contributed by atoms with E-state index >= 15 is 0 Å². The lowest BCUT2D eigenvalue weighted by atomic mass is 10.3. The predicted molar refractivity (Wildman–Crippen MR) is 105 cm³/mol. The van der Waals surface area contributed by atoms with Gasteiger partial charge in [-0.25, -0.2) is 0 Å². The van der Waals surface area contributed by atoms with Crippen LogP contribution in [0.3, 0.4) is 0 Å². The minimum absolute atomic E-state index is 0. The van der Waals surface area contributed by atoms with Crippen LogP contribution in [-0.4, -0.2) is 50.3 Å². The molecule has 0 aliphatic heterocycles. The SMILES string of the molecule is CC(C)N(C(C)C)[PH+](N(C(C)C)C(C)C)N(C(C)C)C(C)C.[Cl-].